The van der Waals surface area contributed by atoms with Gasteiger partial charge in [-0.2, -0.15) is 0 Å². The monoisotopic (exact) mass is 209 g/mol. The topological polar surface area (TPSA) is 44.5 Å². The van der Waals surface area contributed by atoms with Crippen molar-refractivity contribution in [3.8, 4) is 11.5 Å². The first-order valence-electron chi connectivity index (χ1n) is 5.15. The molecule has 0 aliphatic heterocycles. The van der Waals surface area contributed by atoms with E-state index >= 15 is 0 Å². The van der Waals surface area contributed by atoms with Crippen molar-refractivity contribution in [3.05, 3.63) is 23.8 Å². The van der Waals surface area contributed by atoms with Gasteiger partial charge in [0.2, 0.25) is 0 Å². The second-order valence-corrected chi connectivity index (χ2v) is 3.55. The van der Waals surface area contributed by atoms with E-state index < -0.39 is 0 Å². The van der Waals surface area contributed by atoms with Gasteiger partial charge in [0.1, 0.15) is 11.5 Å². The standard InChI is InChI=1S/C12H19NO2/c1-9(7-8-13)12-10(14-2)5-4-6-11(12)15-3/h4-6,9H,7-8,13H2,1-3H3. The average molecular weight is 209 g/mol. The van der Waals surface area contributed by atoms with Crippen molar-refractivity contribution in [2.45, 2.75) is 19.3 Å². The molecule has 0 aliphatic rings. The molecule has 0 heterocycles. The Kier molecular flexibility index (Phi) is 4.43. The zero-order valence-corrected chi connectivity index (χ0v) is 9.62. The van der Waals surface area contributed by atoms with Crippen LogP contribution in [0.2, 0.25) is 0 Å². The molecule has 0 radical (unpaired) electrons. The predicted octanol–water partition coefficient (Wildman–Crippen LogP) is 2.16. The molecule has 0 aliphatic carbocycles. The van der Waals surface area contributed by atoms with E-state index in [0.717, 1.165) is 23.5 Å². The van der Waals surface area contributed by atoms with E-state index in [2.05, 4.69) is 6.92 Å². The van der Waals surface area contributed by atoms with Crippen LogP contribution >= 0.6 is 0 Å². The molecule has 0 aromatic heterocycles. The van der Waals surface area contributed by atoms with Gasteiger partial charge in [0.25, 0.3) is 0 Å². The summed E-state index contributed by atoms with van der Waals surface area (Å²) in [5.74, 6) is 2.09. The summed E-state index contributed by atoms with van der Waals surface area (Å²) in [4.78, 5) is 0. The van der Waals surface area contributed by atoms with E-state index in [4.69, 9.17) is 15.2 Å². The van der Waals surface area contributed by atoms with Crippen molar-refractivity contribution in [2.24, 2.45) is 5.73 Å². The Labute approximate surface area is 91.2 Å². The van der Waals surface area contributed by atoms with Gasteiger partial charge in [-0.3, -0.25) is 0 Å². The van der Waals surface area contributed by atoms with Gasteiger partial charge >= 0.3 is 0 Å². The van der Waals surface area contributed by atoms with E-state index in [-0.39, 0.29) is 0 Å². The van der Waals surface area contributed by atoms with Crippen LogP contribution in [0.4, 0.5) is 0 Å². The predicted molar refractivity (Wildman–Crippen MR) is 61.6 cm³/mol. The van der Waals surface area contributed by atoms with Crippen LogP contribution in [-0.4, -0.2) is 20.8 Å². The molecule has 3 nitrogen and oxygen atoms in total. The van der Waals surface area contributed by atoms with Gasteiger partial charge in [0.05, 0.1) is 14.2 Å². The third kappa shape index (κ3) is 2.63. The summed E-state index contributed by atoms with van der Waals surface area (Å²) in [6.07, 6.45) is 0.927. The van der Waals surface area contributed by atoms with Gasteiger partial charge in [-0.1, -0.05) is 13.0 Å². The fourth-order valence-electron chi connectivity index (χ4n) is 1.76. The summed E-state index contributed by atoms with van der Waals surface area (Å²) < 4.78 is 10.7. The number of benzene rings is 1. The number of nitrogens with two attached hydrogens (primary N) is 1. The molecule has 15 heavy (non-hydrogen) atoms. The minimum Gasteiger partial charge on any atom is -0.496 e. The molecule has 1 unspecified atom stereocenters. The maximum Gasteiger partial charge on any atom is 0.126 e. The second kappa shape index (κ2) is 5.61. The Balaban J connectivity index is 3.09. The lowest BCUT2D eigenvalue weighted by Gasteiger charge is -2.18. The molecule has 0 saturated heterocycles. The molecule has 0 saturated carbocycles. The van der Waals surface area contributed by atoms with Crippen LogP contribution < -0.4 is 15.2 Å². The summed E-state index contributed by atoms with van der Waals surface area (Å²) >= 11 is 0. The number of hydrogen-bond donors (Lipinski definition) is 1. The van der Waals surface area contributed by atoms with Crippen molar-refractivity contribution in [3.63, 3.8) is 0 Å². The molecule has 1 rings (SSSR count). The van der Waals surface area contributed by atoms with Crippen LogP contribution in [-0.2, 0) is 0 Å². The fraction of sp³-hybridized carbons (Fsp3) is 0.500. The van der Waals surface area contributed by atoms with E-state index in [1.54, 1.807) is 14.2 Å². The number of methoxy groups -OCH3 is 2. The van der Waals surface area contributed by atoms with Gasteiger partial charge in [-0.25, -0.2) is 0 Å². The lowest BCUT2D eigenvalue weighted by atomic mass is 9.96. The molecule has 2 N–H and O–H groups in total. The molecule has 0 bridgehead atoms. The highest BCUT2D eigenvalue weighted by molar-refractivity contribution is 5.46. The van der Waals surface area contributed by atoms with Gasteiger partial charge < -0.3 is 15.2 Å². The van der Waals surface area contributed by atoms with Crippen LogP contribution in [0.1, 0.15) is 24.8 Å². The molecule has 0 fully saturated rings. The minimum absolute atomic E-state index is 0.348. The Bertz CT molecular complexity index is 290. The maximum atomic E-state index is 5.57. The molecular formula is C12H19NO2. The first-order chi connectivity index (χ1) is 7.24. The highest BCUT2D eigenvalue weighted by atomic mass is 16.5. The van der Waals surface area contributed by atoms with Crippen LogP contribution in [0.5, 0.6) is 11.5 Å². The van der Waals surface area contributed by atoms with Crippen molar-refractivity contribution >= 4 is 0 Å². The molecule has 1 aromatic rings. The van der Waals surface area contributed by atoms with E-state index in [0.29, 0.717) is 12.5 Å². The quantitative estimate of drug-likeness (QED) is 0.808. The Morgan fingerprint density at radius 2 is 1.73 bits per heavy atom. The van der Waals surface area contributed by atoms with Crippen LogP contribution in [0.3, 0.4) is 0 Å². The van der Waals surface area contributed by atoms with Crippen molar-refractivity contribution in [1.29, 1.82) is 0 Å². The van der Waals surface area contributed by atoms with E-state index in [9.17, 15) is 0 Å². The second-order valence-electron chi connectivity index (χ2n) is 3.55. The van der Waals surface area contributed by atoms with Gasteiger partial charge in [0, 0.05) is 5.56 Å². The Morgan fingerprint density at radius 3 is 2.13 bits per heavy atom. The molecule has 0 spiro atoms. The first-order valence-corrected chi connectivity index (χ1v) is 5.15. The third-order valence-corrected chi connectivity index (χ3v) is 2.56. The van der Waals surface area contributed by atoms with Gasteiger partial charge in [-0.05, 0) is 31.0 Å². The summed E-state index contributed by atoms with van der Waals surface area (Å²) in [6.45, 7) is 2.80. The van der Waals surface area contributed by atoms with Crippen LogP contribution in [0, 0.1) is 0 Å². The van der Waals surface area contributed by atoms with E-state index in [1.165, 1.54) is 0 Å². The largest absolute Gasteiger partial charge is 0.496 e. The molecular weight excluding hydrogens is 190 g/mol. The zero-order valence-electron chi connectivity index (χ0n) is 9.62. The normalized spacial score (nSPS) is 12.3. The maximum absolute atomic E-state index is 5.57. The van der Waals surface area contributed by atoms with Crippen LogP contribution in [0.15, 0.2) is 18.2 Å². The first kappa shape index (κ1) is 11.9. The molecule has 0 amide bonds. The lowest BCUT2D eigenvalue weighted by molar-refractivity contribution is 0.379. The van der Waals surface area contributed by atoms with Crippen LogP contribution in [0.25, 0.3) is 0 Å². The summed E-state index contributed by atoms with van der Waals surface area (Å²) in [5, 5.41) is 0. The molecule has 1 aromatic carbocycles. The number of rotatable bonds is 5. The highest BCUT2D eigenvalue weighted by Crippen LogP contribution is 2.36. The minimum atomic E-state index is 0.348. The SMILES string of the molecule is COc1cccc(OC)c1C(C)CCN. The average Bonchev–Trinajstić information content (AvgIpc) is 2.28. The number of ether oxygens (including phenoxy) is 2. The van der Waals surface area contributed by atoms with Crippen molar-refractivity contribution in [1.82, 2.24) is 0 Å². The molecule has 1 atom stereocenters. The third-order valence-electron chi connectivity index (χ3n) is 2.56. The van der Waals surface area contributed by atoms with Crippen molar-refractivity contribution < 1.29 is 9.47 Å². The van der Waals surface area contributed by atoms with E-state index in [1.807, 2.05) is 18.2 Å². The summed E-state index contributed by atoms with van der Waals surface area (Å²) in [6, 6.07) is 5.83. The summed E-state index contributed by atoms with van der Waals surface area (Å²) in [7, 11) is 3.35. The number of hydrogen-bond acceptors (Lipinski definition) is 3. The Hall–Kier alpha value is -1.22. The Morgan fingerprint density at radius 1 is 1.20 bits per heavy atom. The smallest absolute Gasteiger partial charge is 0.126 e. The zero-order chi connectivity index (χ0) is 11.3. The highest BCUT2D eigenvalue weighted by Gasteiger charge is 2.15. The molecule has 84 valence electrons. The lowest BCUT2D eigenvalue weighted by Crippen LogP contribution is -2.07. The summed E-state index contributed by atoms with van der Waals surface area (Å²) in [5.41, 5.74) is 6.67. The molecule has 3 heteroatoms. The van der Waals surface area contributed by atoms with Gasteiger partial charge in [0.15, 0.2) is 0 Å². The fourth-order valence-corrected chi connectivity index (χ4v) is 1.76. The van der Waals surface area contributed by atoms with Gasteiger partial charge in [-0.15, -0.1) is 0 Å². The van der Waals surface area contributed by atoms with Crippen molar-refractivity contribution in [2.75, 3.05) is 20.8 Å².